The van der Waals surface area contributed by atoms with Gasteiger partial charge in [0, 0.05) is 6.42 Å². The Balaban J connectivity index is 1.69. The second-order valence-corrected chi connectivity index (χ2v) is 6.87. The quantitative estimate of drug-likeness (QED) is 0.351. The zero-order chi connectivity index (χ0) is 18.2. The Morgan fingerprint density at radius 1 is 0.800 bits per heavy atom. The number of rotatable bonds is 8. The lowest BCUT2D eigenvalue weighted by Gasteiger charge is -2.09. The molecule has 0 aromatic heterocycles. The van der Waals surface area contributed by atoms with Crippen molar-refractivity contribution in [3.05, 3.63) is 59.7 Å². The third-order valence-electron chi connectivity index (χ3n) is 4.12. The van der Waals surface area contributed by atoms with Crippen LogP contribution in [0.1, 0.15) is 63.5 Å². The van der Waals surface area contributed by atoms with Gasteiger partial charge in [-0.1, -0.05) is 52.0 Å². The summed E-state index contributed by atoms with van der Waals surface area (Å²) in [5.41, 5.74) is 2.52. The Hall–Kier alpha value is -2.29. The first-order valence-corrected chi connectivity index (χ1v) is 8.99. The second kappa shape index (κ2) is 9.26. The molecule has 0 saturated carbocycles. The van der Waals surface area contributed by atoms with E-state index in [0.717, 1.165) is 5.75 Å². The summed E-state index contributed by atoms with van der Waals surface area (Å²) in [5, 5.41) is 0. The van der Waals surface area contributed by atoms with Crippen LogP contribution in [0, 0.1) is 0 Å². The van der Waals surface area contributed by atoms with E-state index in [1.165, 1.54) is 11.1 Å². The fourth-order valence-corrected chi connectivity index (χ4v) is 2.46. The van der Waals surface area contributed by atoms with Crippen molar-refractivity contribution in [1.82, 2.24) is 0 Å². The van der Waals surface area contributed by atoms with Gasteiger partial charge in [-0.15, -0.1) is 0 Å². The van der Waals surface area contributed by atoms with E-state index in [9.17, 15) is 4.79 Å². The number of ether oxygens (including phenoxy) is 2. The van der Waals surface area contributed by atoms with E-state index in [2.05, 4.69) is 39.8 Å². The van der Waals surface area contributed by atoms with E-state index in [1.54, 1.807) is 0 Å². The number of benzene rings is 2. The first-order valence-electron chi connectivity index (χ1n) is 8.99. The SMILES string of the molecule is CC(C)c1ccc(OCCCC(=O)Oc2ccc(C(C)C)cc2)cc1. The smallest absolute Gasteiger partial charge is 0.311 e. The van der Waals surface area contributed by atoms with Gasteiger partial charge in [-0.3, -0.25) is 4.79 Å². The average molecular weight is 340 g/mol. The fourth-order valence-electron chi connectivity index (χ4n) is 2.46. The number of hydrogen-bond donors (Lipinski definition) is 0. The molecule has 0 atom stereocenters. The van der Waals surface area contributed by atoms with Crippen LogP contribution in [-0.2, 0) is 4.79 Å². The van der Waals surface area contributed by atoms with Gasteiger partial charge in [0.05, 0.1) is 6.61 Å². The monoisotopic (exact) mass is 340 g/mol. The predicted molar refractivity (Wildman–Crippen MR) is 101 cm³/mol. The zero-order valence-electron chi connectivity index (χ0n) is 15.6. The lowest BCUT2D eigenvalue weighted by molar-refractivity contribution is -0.134. The molecule has 2 rings (SSSR count). The highest BCUT2D eigenvalue weighted by molar-refractivity contribution is 5.72. The van der Waals surface area contributed by atoms with E-state index in [-0.39, 0.29) is 5.97 Å². The Morgan fingerprint density at radius 2 is 1.28 bits per heavy atom. The van der Waals surface area contributed by atoms with E-state index >= 15 is 0 Å². The van der Waals surface area contributed by atoms with Gasteiger partial charge in [-0.25, -0.2) is 0 Å². The normalized spacial score (nSPS) is 11.0. The maximum atomic E-state index is 11.9. The summed E-state index contributed by atoms with van der Waals surface area (Å²) in [6.07, 6.45) is 0.977. The standard InChI is InChI=1S/C22H28O3/c1-16(2)18-7-11-20(12-8-18)24-15-5-6-22(23)25-21-13-9-19(10-14-21)17(3)4/h7-14,16-17H,5-6,15H2,1-4H3. The summed E-state index contributed by atoms with van der Waals surface area (Å²) < 4.78 is 11.0. The van der Waals surface area contributed by atoms with Crippen molar-refractivity contribution in [2.45, 2.75) is 52.4 Å². The Morgan fingerprint density at radius 3 is 1.76 bits per heavy atom. The maximum Gasteiger partial charge on any atom is 0.311 e. The van der Waals surface area contributed by atoms with Crippen molar-refractivity contribution in [3.8, 4) is 11.5 Å². The zero-order valence-corrected chi connectivity index (χ0v) is 15.6. The second-order valence-electron chi connectivity index (χ2n) is 6.87. The topological polar surface area (TPSA) is 35.5 Å². The first kappa shape index (κ1) is 19.0. The van der Waals surface area contributed by atoms with Crippen LogP contribution in [0.5, 0.6) is 11.5 Å². The number of carbonyl (C=O) groups is 1. The van der Waals surface area contributed by atoms with Gasteiger partial charge < -0.3 is 9.47 Å². The highest BCUT2D eigenvalue weighted by atomic mass is 16.5. The van der Waals surface area contributed by atoms with Gasteiger partial charge in [0.15, 0.2) is 0 Å². The highest BCUT2D eigenvalue weighted by Gasteiger charge is 2.06. The third kappa shape index (κ3) is 6.26. The van der Waals surface area contributed by atoms with Crippen LogP contribution < -0.4 is 9.47 Å². The van der Waals surface area contributed by atoms with Crippen LogP contribution in [0.25, 0.3) is 0 Å². The molecule has 0 aliphatic rings. The molecule has 25 heavy (non-hydrogen) atoms. The van der Waals surface area contributed by atoms with Crippen LogP contribution in [-0.4, -0.2) is 12.6 Å². The fraction of sp³-hybridized carbons (Fsp3) is 0.409. The molecule has 0 amide bonds. The Bertz CT molecular complexity index is 655. The van der Waals surface area contributed by atoms with Gasteiger partial charge >= 0.3 is 5.97 Å². The van der Waals surface area contributed by atoms with E-state index in [1.807, 2.05) is 36.4 Å². The molecule has 0 aliphatic heterocycles. The summed E-state index contributed by atoms with van der Waals surface area (Å²) >= 11 is 0. The molecule has 0 bridgehead atoms. The summed E-state index contributed by atoms with van der Waals surface area (Å²) in [5.74, 6) is 2.19. The summed E-state index contributed by atoms with van der Waals surface area (Å²) in [7, 11) is 0. The minimum atomic E-state index is -0.226. The maximum absolute atomic E-state index is 11.9. The lowest BCUT2D eigenvalue weighted by Crippen LogP contribution is -2.10. The molecule has 0 radical (unpaired) electrons. The van der Waals surface area contributed by atoms with Crippen LogP contribution in [0.3, 0.4) is 0 Å². The number of carbonyl (C=O) groups excluding carboxylic acids is 1. The molecule has 0 aliphatic carbocycles. The van der Waals surface area contributed by atoms with Crippen molar-refractivity contribution in [2.75, 3.05) is 6.61 Å². The van der Waals surface area contributed by atoms with Crippen LogP contribution in [0.4, 0.5) is 0 Å². The molecular formula is C22H28O3. The van der Waals surface area contributed by atoms with Gasteiger partial charge in [-0.05, 0) is 53.6 Å². The van der Waals surface area contributed by atoms with Gasteiger partial charge in [0.1, 0.15) is 11.5 Å². The summed E-state index contributed by atoms with van der Waals surface area (Å²) in [6, 6.07) is 15.8. The molecule has 0 unspecified atom stereocenters. The van der Waals surface area contributed by atoms with Gasteiger partial charge in [-0.2, -0.15) is 0 Å². The minimum Gasteiger partial charge on any atom is -0.494 e. The molecule has 0 heterocycles. The summed E-state index contributed by atoms with van der Waals surface area (Å²) in [6.45, 7) is 9.10. The molecule has 3 heteroatoms. The molecule has 2 aromatic rings. The number of esters is 1. The molecule has 0 spiro atoms. The highest BCUT2D eigenvalue weighted by Crippen LogP contribution is 2.20. The van der Waals surface area contributed by atoms with Gasteiger partial charge in [0.2, 0.25) is 0 Å². The van der Waals surface area contributed by atoms with E-state index < -0.39 is 0 Å². The van der Waals surface area contributed by atoms with Crippen molar-refractivity contribution in [3.63, 3.8) is 0 Å². The number of hydrogen-bond acceptors (Lipinski definition) is 3. The molecule has 0 fully saturated rings. The molecule has 2 aromatic carbocycles. The van der Waals surface area contributed by atoms with Gasteiger partial charge in [0.25, 0.3) is 0 Å². The summed E-state index contributed by atoms with van der Waals surface area (Å²) in [4.78, 5) is 11.9. The largest absolute Gasteiger partial charge is 0.494 e. The molecule has 0 saturated heterocycles. The van der Waals surface area contributed by atoms with Crippen LogP contribution in [0.2, 0.25) is 0 Å². The third-order valence-corrected chi connectivity index (χ3v) is 4.12. The Labute approximate surface area is 151 Å². The van der Waals surface area contributed by atoms with E-state index in [4.69, 9.17) is 9.47 Å². The van der Waals surface area contributed by atoms with Crippen molar-refractivity contribution in [1.29, 1.82) is 0 Å². The molecule has 3 nitrogen and oxygen atoms in total. The first-order chi connectivity index (χ1) is 12.0. The Kier molecular flexibility index (Phi) is 7.05. The van der Waals surface area contributed by atoms with Crippen LogP contribution >= 0.6 is 0 Å². The van der Waals surface area contributed by atoms with Crippen LogP contribution in [0.15, 0.2) is 48.5 Å². The molecule has 134 valence electrons. The van der Waals surface area contributed by atoms with Crippen molar-refractivity contribution < 1.29 is 14.3 Å². The average Bonchev–Trinajstić information content (AvgIpc) is 2.59. The molecular weight excluding hydrogens is 312 g/mol. The minimum absolute atomic E-state index is 0.226. The molecule has 0 N–H and O–H groups in total. The lowest BCUT2D eigenvalue weighted by atomic mass is 10.0. The predicted octanol–water partition coefficient (Wildman–Crippen LogP) is 5.70. The van der Waals surface area contributed by atoms with Crippen molar-refractivity contribution >= 4 is 5.97 Å². The van der Waals surface area contributed by atoms with Crippen molar-refractivity contribution in [2.24, 2.45) is 0 Å². The van der Waals surface area contributed by atoms with E-state index in [0.29, 0.717) is 37.0 Å².